The fourth-order valence-electron chi connectivity index (χ4n) is 2.52. The van der Waals surface area contributed by atoms with Crippen LogP contribution < -0.4 is 4.90 Å². The fraction of sp³-hybridized carbons (Fsp3) is 0.562. The number of rotatable bonds is 5. The van der Waals surface area contributed by atoms with Crippen LogP contribution in [0.1, 0.15) is 18.4 Å². The van der Waals surface area contributed by atoms with Gasteiger partial charge in [0.15, 0.2) is 0 Å². The van der Waals surface area contributed by atoms with Crippen LogP contribution in [-0.4, -0.2) is 50.3 Å². The van der Waals surface area contributed by atoms with Crippen LogP contribution in [0.5, 0.6) is 0 Å². The zero-order valence-electron chi connectivity index (χ0n) is 13.3. The summed E-state index contributed by atoms with van der Waals surface area (Å²) in [7, 11) is 3.76. The lowest BCUT2D eigenvalue weighted by atomic mass is 10.1. The molecule has 23 heavy (non-hydrogen) atoms. The minimum absolute atomic E-state index is 0.0775. The Bertz CT molecular complexity index is 523. The summed E-state index contributed by atoms with van der Waals surface area (Å²) in [4.78, 5) is 15.0. The van der Waals surface area contributed by atoms with Crippen LogP contribution in [0.15, 0.2) is 24.3 Å². The van der Waals surface area contributed by atoms with E-state index in [2.05, 4.69) is 0 Å². The van der Waals surface area contributed by atoms with Crippen molar-refractivity contribution < 1.29 is 22.7 Å². The highest BCUT2D eigenvalue weighted by Crippen LogP contribution is 2.23. The van der Waals surface area contributed by atoms with Gasteiger partial charge in [-0.15, -0.1) is 0 Å². The number of nitrogens with zero attached hydrogens (tertiary/aromatic N) is 2. The molecule has 0 aromatic heterocycles. The highest BCUT2D eigenvalue weighted by atomic mass is 19.4. The first-order valence-electron chi connectivity index (χ1n) is 7.49. The molecule has 0 radical (unpaired) electrons. The van der Waals surface area contributed by atoms with Crippen LogP contribution in [0.3, 0.4) is 0 Å². The maximum Gasteiger partial charge on any atom is 0.406 e. The van der Waals surface area contributed by atoms with Gasteiger partial charge in [-0.25, -0.2) is 0 Å². The Kier molecular flexibility index (Phi) is 5.51. The van der Waals surface area contributed by atoms with Crippen LogP contribution in [0.25, 0.3) is 0 Å². The van der Waals surface area contributed by atoms with Crippen LogP contribution in [0.4, 0.5) is 18.9 Å². The average molecular weight is 330 g/mol. The number of hydrogen-bond acceptors (Lipinski definition) is 3. The SMILES string of the molecule is CN(C)c1ccc(CN(CC(F)(F)F)C(=O)C2CCCO2)cc1. The maximum atomic E-state index is 12.8. The van der Waals surface area contributed by atoms with E-state index in [0.717, 1.165) is 10.6 Å². The van der Waals surface area contributed by atoms with Crippen molar-refractivity contribution in [2.75, 3.05) is 32.1 Å². The first-order valence-corrected chi connectivity index (χ1v) is 7.49. The van der Waals surface area contributed by atoms with E-state index in [-0.39, 0.29) is 6.54 Å². The highest BCUT2D eigenvalue weighted by molar-refractivity contribution is 5.81. The summed E-state index contributed by atoms with van der Waals surface area (Å²) < 4.78 is 43.6. The normalized spacial score (nSPS) is 18.0. The molecule has 1 aliphatic heterocycles. The second-order valence-electron chi connectivity index (χ2n) is 5.87. The summed E-state index contributed by atoms with van der Waals surface area (Å²) >= 11 is 0. The van der Waals surface area contributed by atoms with Gasteiger partial charge in [-0.2, -0.15) is 13.2 Å². The van der Waals surface area contributed by atoms with Gasteiger partial charge in [-0.05, 0) is 30.5 Å². The molecule has 1 aromatic carbocycles. The van der Waals surface area contributed by atoms with E-state index in [4.69, 9.17) is 4.74 Å². The number of anilines is 1. The highest BCUT2D eigenvalue weighted by Gasteiger charge is 2.36. The van der Waals surface area contributed by atoms with Crippen molar-refractivity contribution >= 4 is 11.6 Å². The van der Waals surface area contributed by atoms with Crippen molar-refractivity contribution in [3.63, 3.8) is 0 Å². The third-order valence-corrected chi connectivity index (χ3v) is 3.71. The number of benzene rings is 1. The predicted molar refractivity (Wildman–Crippen MR) is 81.2 cm³/mol. The van der Waals surface area contributed by atoms with Crippen LogP contribution >= 0.6 is 0 Å². The molecule has 1 saturated heterocycles. The van der Waals surface area contributed by atoms with Crippen molar-refractivity contribution in [1.82, 2.24) is 4.90 Å². The topological polar surface area (TPSA) is 32.8 Å². The van der Waals surface area contributed by atoms with Gasteiger partial charge in [-0.1, -0.05) is 12.1 Å². The number of carbonyl (C=O) groups is 1. The molecule has 128 valence electrons. The van der Waals surface area contributed by atoms with E-state index in [1.165, 1.54) is 0 Å². The summed E-state index contributed by atoms with van der Waals surface area (Å²) in [5.41, 5.74) is 1.60. The zero-order valence-corrected chi connectivity index (χ0v) is 13.3. The molecule has 1 aliphatic rings. The van der Waals surface area contributed by atoms with E-state index in [0.29, 0.717) is 25.0 Å². The minimum Gasteiger partial charge on any atom is -0.378 e. The van der Waals surface area contributed by atoms with Gasteiger partial charge < -0.3 is 14.5 Å². The Morgan fingerprint density at radius 3 is 2.39 bits per heavy atom. The molecule has 0 bridgehead atoms. The van der Waals surface area contributed by atoms with Crippen LogP contribution in [-0.2, 0) is 16.1 Å². The molecule has 1 fully saturated rings. The second kappa shape index (κ2) is 7.21. The van der Waals surface area contributed by atoms with E-state index in [1.807, 2.05) is 31.1 Å². The predicted octanol–water partition coefficient (Wildman–Crippen LogP) is 2.82. The van der Waals surface area contributed by atoms with Crippen molar-refractivity contribution in [3.05, 3.63) is 29.8 Å². The molecule has 1 heterocycles. The molecular weight excluding hydrogens is 309 g/mol. The van der Waals surface area contributed by atoms with Gasteiger partial charge in [0.2, 0.25) is 0 Å². The Hall–Kier alpha value is -1.76. The number of carbonyl (C=O) groups excluding carboxylic acids is 1. The van der Waals surface area contributed by atoms with Crippen molar-refractivity contribution in [2.45, 2.75) is 31.7 Å². The van der Waals surface area contributed by atoms with Gasteiger partial charge >= 0.3 is 6.18 Å². The molecule has 0 N–H and O–H groups in total. The van der Waals surface area contributed by atoms with E-state index < -0.39 is 24.7 Å². The van der Waals surface area contributed by atoms with E-state index in [1.54, 1.807) is 12.1 Å². The van der Waals surface area contributed by atoms with Gasteiger partial charge in [0.1, 0.15) is 12.6 Å². The third-order valence-electron chi connectivity index (χ3n) is 3.71. The van der Waals surface area contributed by atoms with Crippen LogP contribution in [0, 0.1) is 0 Å². The molecule has 4 nitrogen and oxygen atoms in total. The summed E-state index contributed by atoms with van der Waals surface area (Å²) in [5.74, 6) is -0.587. The Morgan fingerprint density at radius 2 is 1.91 bits per heavy atom. The molecule has 1 atom stereocenters. The second-order valence-corrected chi connectivity index (χ2v) is 5.87. The van der Waals surface area contributed by atoms with Gasteiger partial charge in [0.25, 0.3) is 5.91 Å². The van der Waals surface area contributed by atoms with Gasteiger partial charge in [0, 0.05) is 32.9 Å². The molecule has 0 spiro atoms. The lowest BCUT2D eigenvalue weighted by molar-refractivity contribution is -0.168. The lowest BCUT2D eigenvalue weighted by Crippen LogP contribution is -2.43. The van der Waals surface area contributed by atoms with Crippen molar-refractivity contribution in [2.24, 2.45) is 0 Å². The molecule has 2 rings (SSSR count). The molecule has 0 saturated carbocycles. The maximum absolute atomic E-state index is 12.8. The molecule has 0 aliphatic carbocycles. The largest absolute Gasteiger partial charge is 0.406 e. The Balaban J connectivity index is 2.11. The van der Waals surface area contributed by atoms with E-state index in [9.17, 15) is 18.0 Å². The van der Waals surface area contributed by atoms with Crippen molar-refractivity contribution in [1.29, 1.82) is 0 Å². The van der Waals surface area contributed by atoms with Gasteiger partial charge in [0.05, 0.1) is 0 Å². The molecule has 7 heteroatoms. The summed E-state index contributed by atoms with van der Waals surface area (Å²) in [6.45, 7) is -0.916. The molecule has 1 unspecified atom stereocenters. The first kappa shape index (κ1) is 17.6. The monoisotopic (exact) mass is 330 g/mol. The van der Waals surface area contributed by atoms with Crippen molar-refractivity contribution in [3.8, 4) is 0 Å². The fourth-order valence-corrected chi connectivity index (χ4v) is 2.52. The number of hydrogen-bond donors (Lipinski definition) is 0. The van der Waals surface area contributed by atoms with Gasteiger partial charge in [-0.3, -0.25) is 4.79 Å². The third kappa shape index (κ3) is 5.13. The summed E-state index contributed by atoms with van der Waals surface area (Å²) in [5, 5.41) is 0. The zero-order chi connectivity index (χ0) is 17.0. The summed E-state index contributed by atoms with van der Waals surface area (Å²) in [6.07, 6.45) is -4.00. The quantitative estimate of drug-likeness (QED) is 0.832. The smallest absolute Gasteiger partial charge is 0.378 e. The molecule has 1 amide bonds. The first-order chi connectivity index (χ1) is 10.8. The number of halogens is 3. The molecule has 1 aromatic rings. The minimum atomic E-state index is -4.43. The summed E-state index contributed by atoms with van der Waals surface area (Å²) in [6, 6.07) is 7.11. The average Bonchev–Trinajstić information content (AvgIpc) is 2.99. The Labute approximate surface area is 133 Å². The van der Waals surface area contributed by atoms with E-state index >= 15 is 0 Å². The van der Waals surface area contributed by atoms with Crippen LogP contribution in [0.2, 0.25) is 0 Å². The number of amides is 1. The standard InChI is InChI=1S/C16H21F3N2O2/c1-20(2)13-7-5-12(6-8-13)10-21(11-16(17,18)19)15(22)14-4-3-9-23-14/h5-8,14H,3-4,9-11H2,1-2H3. The molecular formula is C16H21F3N2O2. The lowest BCUT2D eigenvalue weighted by Gasteiger charge is -2.26. The number of alkyl halides is 3. The Morgan fingerprint density at radius 1 is 1.26 bits per heavy atom. The number of ether oxygens (including phenoxy) is 1.